The summed E-state index contributed by atoms with van der Waals surface area (Å²) in [6.07, 6.45) is 2.06. The van der Waals surface area contributed by atoms with Crippen LogP contribution in [0.4, 0.5) is 0 Å². The van der Waals surface area contributed by atoms with Gasteiger partial charge in [-0.2, -0.15) is 0 Å². The number of hydrogen-bond acceptors (Lipinski definition) is 3. The summed E-state index contributed by atoms with van der Waals surface area (Å²) < 4.78 is 11.0. The van der Waals surface area contributed by atoms with Crippen LogP contribution in [0, 0.1) is 5.92 Å². The van der Waals surface area contributed by atoms with Crippen LogP contribution in [0.3, 0.4) is 0 Å². The molecule has 3 aromatic carbocycles. The lowest BCUT2D eigenvalue weighted by molar-refractivity contribution is -0.144. The second-order valence-corrected chi connectivity index (χ2v) is 8.06. The molecule has 0 N–H and O–H groups in total. The van der Waals surface area contributed by atoms with Crippen LogP contribution in [0.1, 0.15) is 41.7 Å². The van der Waals surface area contributed by atoms with E-state index in [0.717, 1.165) is 29.7 Å². The maximum atomic E-state index is 12.4. The van der Waals surface area contributed by atoms with Gasteiger partial charge in [0.2, 0.25) is 0 Å². The predicted octanol–water partition coefficient (Wildman–Crippen LogP) is 5.77. The highest BCUT2D eigenvalue weighted by Gasteiger charge is 2.11. The van der Waals surface area contributed by atoms with Crippen LogP contribution in [0.2, 0.25) is 0 Å². The molecule has 0 aromatic heterocycles. The van der Waals surface area contributed by atoms with Crippen molar-refractivity contribution in [2.24, 2.45) is 5.92 Å². The highest BCUT2D eigenvalue weighted by molar-refractivity contribution is 5.72. The van der Waals surface area contributed by atoms with Crippen LogP contribution in [0.15, 0.2) is 72.8 Å². The van der Waals surface area contributed by atoms with E-state index < -0.39 is 0 Å². The van der Waals surface area contributed by atoms with Crippen molar-refractivity contribution in [2.45, 2.75) is 39.7 Å². The van der Waals surface area contributed by atoms with Crippen LogP contribution in [-0.4, -0.2) is 13.1 Å². The average molecular weight is 403 g/mol. The quantitative estimate of drug-likeness (QED) is 0.426. The Morgan fingerprint density at radius 3 is 2.30 bits per heavy atom. The zero-order valence-electron chi connectivity index (χ0n) is 18.1. The standard InChI is InChI=1S/C27H30O3/c1-20(2)14-25-13-12-23(17-26(25)29-3)18-27(28)30-19-24-11-7-10-22(16-24)15-21-8-5-4-6-9-21/h4-13,16-17,20H,14-15,18-19H2,1-3H3. The van der Waals surface area contributed by atoms with Crippen LogP contribution >= 0.6 is 0 Å². The van der Waals surface area contributed by atoms with Crippen LogP contribution < -0.4 is 4.74 Å². The first-order valence-corrected chi connectivity index (χ1v) is 10.5. The molecule has 3 nitrogen and oxygen atoms in total. The highest BCUT2D eigenvalue weighted by atomic mass is 16.5. The van der Waals surface area contributed by atoms with Crippen LogP contribution in [0.25, 0.3) is 0 Å². The zero-order valence-corrected chi connectivity index (χ0v) is 18.1. The topological polar surface area (TPSA) is 35.5 Å². The lowest BCUT2D eigenvalue weighted by Gasteiger charge is -2.12. The largest absolute Gasteiger partial charge is 0.496 e. The minimum absolute atomic E-state index is 0.234. The fourth-order valence-corrected chi connectivity index (χ4v) is 3.55. The van der Waals surface area contributed by atoms with E-state index in [9.17, 15) is 4.79 Å². The number of esters is 1. The summed E-state index contributed by atoms with van der Waals surface area (Å²) in [6.45, 7) is 4.64. The highest BCUT2D eigenvalue weighted by Crippen LogP contribution is 2.23. The van der Waals surface area contributed by atoms with E-state index in [1.165, 1.54) is 16.7 Å². The molecule has 0 aliphatic carbocycles. The first-order valence-electron chi connectivity index (χ1n) is 10.5. The summed E-state index contributed by atoms with van der Waals surface area (Å²) in [4.78, 5) is 12.4. The summed E-state index contributed by atoms with van der Waals surface area (Å²) in [7, 11) is 1.67. The van der Waals surface area contributed by atoms with E-state index >= 15 is 0 Å². The van der Waals surface area contributed by atoms with Crippen molar-refractivity contribution in [3.05, 3.63) is 101 Å². The molecule has 3 heteroatoms. The first-order chi connectivity index (χ1) is 14.5. The van der Waals surface area contributed by atoms with Gasteiger partial charge in [0.15, 0.2) is 0 Å². The maximum absolute atomic E-state index is 12.4. The molecule has 0 unspecified atom stereocenters. The lowest BCUT2D eigenvalue weighted by Crippen LogP contribution is -2.09. The van der Waals surface area contributed by atoms with Crippen molar-refractivity contribution in [2.75, 3.05) is 7.11 Å². The number of carbonyl (C=O) groups excluding carboxylic acids is 1. The van der Waals surface area contributed by atoms with Crippen molar-refractivity contribution < 1.29 is 14.3 Å². The molecule has 0 amide bonds. The molecule has 0 bridgehead atoms. The molecule has 3 aromatic rings. The molecule has 0 saturated heterocycles. The molecule has 0 saturated carbocycles. The third-order valence-corrected chi connectivity index (χ3v) is 4.97. The molecule has 156 valence electrons. The zero-order chi connectivity index (χ0) is 21.3. The van der Waals surface area contributed by atoms with Gasteiger partial charge >= 0.3 is 5.97 Å². The van der Waals surface area contributed by atoms with Crippen LogP contribution in [0.5, 0.6) is 5.75 Å². The lowest BCUT2D eigenvalue weighted by atomic mass is 10.00. The SMILES string of the molecule is COc1cc(CC(=O)OCc2cccc(Cc3ccccc3)c2)ccc1CC(C)C. The molecule has 0 spiro atoms. The number of rotatable bonds is 9. The molecule has 0 heterocycles. The number of carbonyl (C=O) groups is 1. The third kappa shape index (κ3) is 6.48. The molecular formula is C27H30O3. The van der Waals surface area contributed by atoms with Crippen LogP contribution in [-0.2, 0) is 35.4 Å². The predicted molar refractivity (Wildman–Crippen MR) is 121 cm³/mol. The summed E-state index contributed by atoms with van der Waals surface area (Å²) >= 11 is 0. The van der Waals surface area contributed by atoms with Crippen molar-refractivity contribution in [3.63, 3.8) is 0 Å². The van der Waals surface area contributed by atoms with Gasteiger partial charge in [-0.3, -0.25) is 4.79 Å². The third-order valence-electron chi connectivity index (χ3n) is 4.97. The maximum Gasteiger partial charge on any atom is 0.310 e. The molecule has 3 rings (SSSR count). The molecule has 0 aliphatic rings. The Kier molecular flexibility index (Phi) is 7.67. The van der Waals surface area contributed by atoms with Gasteiger partial charge in [-0.15, -0.1) is 0 Å². The Labute approximate surface area is 179 Å². The molecular weight excluding hydrogens is 372 g/mol. The minimum atomic E-state index is -0.234. The van der Waals surface area contributed by atoms with Gasteiger partial charge in [0.25, 0.3) is 0 Å². The molecule has 0 atom stereocenters. The first kappa shape index (κ1) is 21.6. The van der Waals surface area contributed by atoms with Gasteiger partial charge in [0.1, 0.15) is 12.4 Å². The Morgan fingerprint density at radius 2 is 1.57 bits per heavy atom. The van der Waals surface area contributed by atoms with E-state index in [-0.39, 0.29) is 19.0 Å². The molecule has 0 aliphatic heterocycles. The van der Waals surface area contributed by atoms with Gasteiger partial charge < -0.3 is 9.47 Å². The van der Waals surface area contributed by atoms with E-state index in [1.807, 2.05) is 42.5 Å². The Morgan fingerprint density at radius 1 is 0.833 bits per heavy atom. The molecule has 0 fully saturated rings. The van der Waals surface area contributed by atoms with Gasteiger partial charge in [0, 0.05) is 0 Å². The smallest absolute Gasteiger partial charge is 0.310 e. The molecule has 0 radical (unpaired) electrons. The van der Waals surface area contributed by atoms with Gasteiger partial charge in [-0.1, -0.05) is 80.6 Å². The summed E-state index contributed by atoms with van der Waals surface area (Å²) in [5.74, 6) is 1.15. The van der Waals surface area contributed by atoms with Crippen molar-refractivity contribution in [3.8, 4) is 5.75 Å². The van der Waals surface area contributed by atoms with Gasteiger partial charge in [-0.05, 0) is 52.6 Å². The fourth-order valence-electron chi connectivity index (χ4n) is 3.55. The number of hydrogen-bond donors (Lipinski definition) is 0. The van der Waals surface area contributed by atoms with Gasteiger partial charge in [-0.25, -0.2) is 0 Å². The van der Waals surface area contributed by atoms with Crippen molar-refractivity contribution >= 4 is 5.97 Å². The summed E-state index contributed by atoms with van der Waals surface area (Å²) in [5, 5.41) is 0. The van der Waals surface area contributed by atoms with Crippen molar-refractivity contribution in [1.29, 1.82) is 0 Å². The Balaban J connectivity index is 1.56. The Hall–Kier alpha value is -3.07. The molecule has 30 heavy (non-hydrogen) atoms. The second-order valence-electron chi connectivity index (χ2n) is 8.06. The van der Waals surface area contributed by atoms with E-state index in [4.69, 9.17) is 9.47 Å². The summed E-state index contributed by atoms with van der Waals surface area (Å²) in [6, 6.07) is 24.5. The minimum Gasteiger partial charge on any atom is -0.496 e. The average Bonchev–Trinajstić information content (AvgIpc) is 2.74. The normalized spacial score (nSPS) is 10.8. The fraction of sp³-hybridized carbons (Fsp3) is 0.296. The van der Waals surface area contributed by atoms with Gasteiger partial charge in [0.05, 0.1) is 13.5 Å². The Bertz CT molecular complexity index is 961. The van der Waals surface area contributed by atoms with Crippen molar-refractivity contribution in [1.82, 2.24) is 0 Å². The van der Waals surface area contributed by atoms with E-state index in [1.54, 1.807) is 7.11 Å². The number of ether oxygens (including phenoxy) is 2. The number of benzene rings is 3. The van der Waals surface area contributed by atoms with E-state index in [2.05, 4.69) is 44.2 Å². The summed E-state index contributed by atoms with van der Waals surface area (Å²) in [5.41, 5.74) is 5.55. The second kappa shape index (κ2) is 10.6. The number of methoxy groups -OCH3 is 1. The van der Waals surface area contributed by atoms with E-state index in [0.29, 0.717) is 5.92 Å². The monoisotopic (exact) mass is 402 g/mol.